The Labute approximate surface area is 171 Å². The fraction of sp³-hybridized carbons (Fsp3) is 0.952. The van der Waals surface area contributed by atoms with Crippen molar-refractivity contribution in [3.05, 3.63) is 0 Å². The maximum atomic E-state index is 5.91. The van der Waals surface area contributed by atoms with Gasteiger partial charge in [0.2, 0.25) is 0 Å². The van der Waals surface area contributed by atoms with Crippen LogP contribution in [0.25, 0.3) is 0 Å². The fourth-order valence-electron chi connectivity index (χ4n) is 4.64. The Bertz CT molecular complexity index is 511. The molecule has 0 aromatic rings. The van der Waals surface area contributed by atoms with Crippen molar-refractivity contribution in [1.29, 1.82) is 0 Å². The van der Waals surface area contributed by atoms with E-state index >= 15 is 0 Å². The van der Waals surface area contributed by atoms with Crippen molar-refractivity contribution in [2.45, 2.75) is 64.8 Å². The normalized spacial score (nSPS) is 31.4. The Morgan fingerprint density at radius 2 is 1.75 bits per heavy atom. The highest BCUT2D eigenvalue weighted by Gasteiger charge is 2.34. The first-order valence-electron chi connectivity index (χ1n) is 11.1. The van der Waals surface area contributed by atoms with Gasteiger partial charge in [0, 0.05) is 57.4 Å². The summed E-state index contributed by atoms with van der Waals surface area (Å²) in [6.45, 7) is 20.8. The summed E-state index contributed by atoms with van der Waals surface area (Å²) in [7, 11) is 0. The Balaban J connectivity index is 1.60. The van der Waals surface area contributed by atoms with E-state index in [1.165, 1.54) is 6.42 Å². The van der Waals surface area contributed by atoms with Crippen LogP contribution >= 0.6 is 0 Å². The lowest BCUT2D eigenvalue weighted by Gasteiger charge is -2.44. The molecule has 28 heavy (non-hydrogen) atoms. The number of hydrogen-bond donors (Lipinski definition) is 1. The second-order valence-electron chi connectivity index (χ2n) is 9.18. The molecule has 0 aliphatic carbocycles. The zero-order valence-electron chi connectivity index (χ0n) is 18.6. The van der Waals surface area contributed by atoms with Crippen LogP contribution in [-0.4, -0.2) is 110 Å². The van der Waals surface area contributed by atoms with Crippen molar-refractivity contribution >= 4 is 5.96 Å². The molecule has 3 unspecified atom stereocenters. The molecule has 7 heteroatoms. The molecule has 0 spiro atoms. The van der Waals surface area contributed by atoms with Crippen LogP contribution in [-0.2, 0) is 9.47 Å². The van der Waals surface area contributed by atoms with Crippen molar-refractivity contribution in [3.8, 4) is 0 Å². The predicted molar refractivity (Wildman–Crippen MR) is 114 cm³/mol. The number of nitrogens with one attached hydrogen (secondary N) is 1. The second-order valence-corrected chi connectivity index (χ2v) is 9.18. The molecule has 0 radical (unpaired) electrons. The summed E-state index contributed by atoms with van der Waals surface area (Å²) in [4.78, 5) is 12.7. The molecule has 0 saturated carbocycles. The standard InChI is InChI=1S/C21H41N5O2/c1-6-22-20(25-8-7-19(15-25)24-9-11-27-12-10-24)23-16-21(4,5)26-13-17(2)28-18(3)14-26/h17-19H,6-16H2,1-5H3,(H,22,23). The van der Waals surface area contributed by atoms with Crippen LogP contribution in [0.1, 0.15) is 41.0 Å². The molecule has 3 aliphatic rings. The molecule has 162 valence electrons. The van der Waals surface area contributed by atoms with Crippen molar-refractivity contribution in [2.24, 2.45) is 4.99 Å². The lowest BCUT2D eigenvalue weighted by Crippen LogP contribution is -2.56. The van der Waals surface area contributed by atoms with Crippen molar-refractivity contribution < 1.29 is 9.47 Å². The molecule has 0 amide bonds. The van der Waals surface area contributed by atoms with E-state index in [1.54, 1.807) is 0 Å². The zero-order chi connectivity index (χ0) is 20.1. The molecule has 3 heterocycles. The highest BCUT2D eigenvalue weighted by atomic mass is 16.5. The average Bonchev–Trinajstić information content (AvgIpc) is 3.15. The van der Waals surface area contributed by atoms with Crippen LogP contribution in [0.15, 0.2) is 4.99 Å². The molecule has 3 saturated heterocycles. The Hall–Kier alpha value is -0.890. The Morgan fingerprint density at radius 3 is 2.39 bits per heavy atom. The van der Waals surface area contributed by atoms with Crippen LogP contribution in [0.2, 0.25) is 0 Å². The molecule has 1 N–H and O–H groups in total. The minimum absolute atomic E-state index is 0.0241. The van der Waals surface area contributed by atoms with Gasteiger partial charge in [-0.3, -0.25) is 14.8 Å². The summed E-state index contributed by atoms with van der Waals surface area (Å²) >= 11 is 0. The van der Waals surface area contributed by atoms with Gasteiger partial charge in [0.1, 0.15) is 0 Å². The molecular formula is C21H41N5O2. The van der Waals surface area contributed by atoms with E-state index in [0.29, 0.717) is 6.04 Å². The molecule has 0 bridgehead atoms. The van der Waals surface area contributed by atoms with Crippen molar-refractivity contribution in [1.82, 2.24) is 20.0 Å². The van der Waals surface area contributed by atoms with Gasteiger partial charge in [0.25, 0.3) is 0 Å². The SMILES string of the molecule is CCNC(=NCC(C)(C)N1CC(C)OC(C)C1)N1CCC(N2CCOCC2)C1. The lowest BCUT2D eigenvalue weighted by atomic mass is 10.0. The summed E-state index contributed by atoms with van der Waals surface area (Å²) < 4.78 is 11.4. The molecule has 3 aliphatic heterocycles. The molecule has 3 atom stereocenters. The van der Waals surface area contributed by atoms with Crippen LogP contribution < -0.4 is 5.32 Å². The van der Waals surface area contributed by atoms with E-state index < -0.39 is 0 Å². The van der Waals surface area contributed by atoms with Gasteiger partial charge in [0.05, 0.1) is 32.0 Å². The van der Waals surface area contributed by atoms with E-state index in [4.69, 9.17) is 14.5 Å². The number of ether oxygens (including phenoxy) is 2. The first-order valence-corrected chi connectivity index (χ1v) is 11.1. The van der Waals surface area contributed by atoms with Gasteiger partial charge in [-0.1, -0.05) is 0 Å². The van der Waals surface area contributed by atoms with Gasteiger partial charge in [0.15, 0.2) is 5.96 Å². The first kappa shape index (κ1) is 21.8. The van der Waals surface area contributed by atoms with E-state index in [-0.39, 0.29) is 17.7 Å². The van der Waals surface area contributed by atoms with Gasteiger partial charge in [-0.2, -0.15) is 0 Å². The molecule has 3 fully saturated rings. The largest absolute Gasteiger partial charge is 0.379 e. The van der Waals surface area contributed by atoms with E-state index in [0.717, 1.165) is 71.5 Å². The van der Waals surface area contributed by atoms with Gasteiger partial charge >= 0.3 is 0 Å². The minimum atomic E-state index is 0.0241. The van der Waals surface area contributed by atoms with Gasteiger partial charge in [-0.25, -0.2) is 0 Å². The van der Waals surface area contributed by atoms with Crippen molar-refractivity contribution in [2.75, 3.05) is 65.6 Å². The summed E-state index contributed by atoms with van der Waals surface area (Å²) in [6, 6.07) is 0.627. The number of guanidine groups is 1. The van der Waals surface area contributed by atoms with Crippen LogP contribution in [0.4, 0.5) is 0 Å². The second kappa shape index (κ2) is 9.74. The predicted octanol–water partition coefficient (Wildman–Crippen LogP) is 1.25. The molecule has 3 rings (SSSR count). The minimum Gasteiger partial charge on any atom is -0.379 e. The number of nitrogens with zero attached hydrogens (tertiary/aromatic N) is 4. The maximum absolute atomic E-state index is 5.91. The lowest BCUT2D eigenvalue weighted by molar-refractivity contribution is -0.0939. The van der Waals surface area contributed by atoms with Crippen LogP contribution in [0, 0.1) is 0 Å². The average molecular weight is 396 g/mol. The number of likely N-dealkylation sites (tertiary alicyclic amines) is 1. The van der Waals surface area contributed by atoms with Crippen LogP contribution in [0.3, 0.4) is 0 Å². The third-order valence-electron chi connectivity index (χ3n) is 6.25. The highest BCUT2D eigenvalue weighted by Crippen LogP contribution is 2.22. The van der Waals surface area contributed by atoms with E-state index in [9.17, 15) is 0 Å². The van der Waals surface area contributed by atoms with Gasteiger partial charge in [-0.15, -0.1) is 0 Å². The highest BCUT2D eigenvalue weighted by molar-refractivity contribution is 5.80. The Morgan fingerprint density at radius 1 is 1.07 bits per heavy atom. The monoisotopic (exact) mass is 395 g/mol. The topological polar surface area (TPSA) is 52.6 Å². The molecule has 7 nitrogen and oxygen atoms in total. The summed E-state index contributed by atoms with van der Waals surface area (Å²) in [5.41, 5.74) is 0.0241. The number of rotatable bonds is 5. The number of aliphatic imine (C=N–C) groups is 1. The fourth-order valence-corrected chi connectivity index (χ4v) is 4.64. The summed E-state index contributed by atoms with van der Waals surface area (Å²) in [5, 5.41) is 3.53. The quantitative estimate of drug-likeness (QED) is 0.559. The Kier molecular flexibility index (Phi) is 7.59. The smallest absolute Gasteiger partial charge is 0.194 e. The van der Waals surface area contributed by atoms with Crippen molar-refractivity contribution in [3.63, 3.8) is 0 Å². The number of hydrogen-bond acceptors (Lipinski definition) is 5. The molecule has 0 aromatic carbocycles. The summed E-state index contributed by atoms with van der Waals surface area (Å²) in [6.07, 6.45) is 1.79. The van der Waals surface area contributed by atoms with E-state index in [1.807, 2.05) is 0 Å². The van der Waals surface area contributed by atoms with Gasteiger partial charge < -0.3 is 19.7 Å². The van der Waals surface area contributed by atoms with Crippen LogP contribution in [0.5, 0.6) is 0 Å². The number of morpholine rings is 2. The van der Waals surface area contributed by atoms with E-state index in [2.05, 4.69) is 54.6 Å². The third kappa shape index (κ3) is 5.59. The third-order valence-corrected chi connectivity index (χ3v) is 6.25. The first-order chi connectivity index (χ1) is 13.4. The molecule has 0 aromatic heterocycles. The summed E-state index contributed by atoms with van der Waals surface area (Å²) in [5.74, 6) is 1.07. The zero-order valence-corrected chi connectivity index (χ0v) is 18.6. The van der Waals surface area contributed by atoms with Gasteiger partial charge in [-0.05, 0) is 41.0 Å². The maximum Gasteiger partial charge on any atom is 0.194 e. The molecular weight excluding hydrogens is 354 g/mol.